The van der Waals surface area contributed by atoms with Crippen LogP contribution in [0.5, 0.6) is 0 Å². The number of aliphatic hydroxyl groups excluding tert-OH is 2. The molecule has 2 N–H and O–H groups in total. The lowest BCUT2D eigenvalue weighted by Crippen LogP contribution is -2.19. The minimum Gasteiger partial charge on any atom is -0.388 e. The van der Waals surface area contributed by atoms with Crippen LogP contribution >= 0.6 is 0 Å². The van der Waals surface area contributed by atoms with Gasteiger partial charge in [0.2, 0.25) is 0 Å². The lowest BCUT2D eigenvalue weighted by atomic mass is 9.97. The van der Waals surface area contributed by atoms with E-state index in [9.17, 15) is 0 Å². The molecule has 3 nitrogen and oxygen atoms in total. The standard InChI is InChI=1S/C4H7BO3/c5-3-1-2(6)4(7)8-3/h2-4,6-7H,1H2/t2?,3-,4+/m1/s1. The molecule has 1 fully saturated rings. The second-order valence-electron chi connectivity index (χ2n) is 1.87. The van der Waals surface area contributed by atoms with Crippen LogP contribution < -0.4 is 0 Å². The molecule has 0 aromatic heterocycles. The van der Waals surface area contributed by atoms with Crippen molar-refractivity contribution in [2.24, 2.45) is 0 Å². The molecule has 1 saturated heterocycles. The van der Waals surface area contributed by atoms with E-state index in [0.29, 0.717) is 6.42 Å². The van der Waals surface area contributed by atoms with Crippen molar-refractivity contribution in [3.8, 4) is 0 Å². The van der Waals surface area contributed by atoms with E-state index in [0.717, 1.165) is 0 Å². The van der Waals surface area contributed by atoms with E-state index >= 15 is 0 Å². The van der Waals surface area contributed by atoms with Crippen molar-refractivity contribution < 1.29 is 14.9 Å². The molecule has 0 bridgehead atoms. The molecule has 4 heteroatoms. The van der Waals surface area contributed by atoms with Gasteiger partial charge in [0.25, 0.3) is 0 Å². The first-order valence-electron chi connectivity index (χ1n) is 2.47. The highest BCUT2D eigenvalue weighted by atomic mass is 16.6. The van der Waals surface area contributed by atoms with Gasteiger partial charge in [-0.05, 0) is 6.42 Å². The molecule has 1 aliphatic rings. The first-order chi connectivity index (χ1) is 3.70. The lowest BCUT2D eigenvalue weighted by molar-refractivity contribution is -0.114. The largest absolute Gasteiger partial charge is 0.388 e. The van der Waals surface area contributed by atoms with Crippen LogP contribution in [0.25, 0.3) is 0 Å². The summed E-state index contributed by atoms with van der Waals surface area (Å²) in [5, 5.41) is 17.3. The summed E-state index contributed by atoms with van der Waals surface area (Å²) in [5.41, 5.74) is 0. The zero-order valence-corrected chi connectivity index (χ0v) is 4.32. The Morgan fingerprint density at radius 2 is 2.12 bits per heavy atom. The van der Waals surface area contributed by atoms with Gasteiger partial charge in [-0.25, -0.2) is 0 Å². The fraction of sp³-hybridized carbons (Fsp3) is 1.00. The van der Waals surface area contributed by atoms with E-state index in [1.807, 2.05) is 0 Å². The highest BCUT2D eigenvalue weighted by Crippen LogP contribution is 2.14. The summed E-state index contributed by atoms with van der Waals surface area (Å²) < 4.78 is 4.56. The number of hydrogen-bond donors (Lipinski definition) is 2. The molecule has 3 atom stereocenters. The lowest BCUT2D eigenvalue weighted by Gasteiger charge is -2.03. The molecule has 1 rings (SSSR count). The smallest absolute Gasteiger partial charge is 0.180 e. The van der Waals surface area contributed by atoms with Gasteiger partial charge >= 0.3 is 0 Å². The molecule has 0 aromatic carbocycles. The predicted molar refractivity (Wildman–Crippen MR) is 27.3 cm³/mol. The molecular weight excluding hydrogens is 107 g/mol. The van der Waals surface area contributed by atoms with E-state index < -0.39 is 18.4 Å². The van der Waals surface area contributed by atoms with Crippen LogP contribution in [0.4, 0.5) is 0 Å². The fourth-order valence-corrected chi connectivity index (χ4v) is 0.680. The van der Waals surface area contributed by atoms with E-state index in [4.69, 9.17) is 18.1 Å². The summed E-state index contributed by atoms with van der Waals surface area (Å²) in [7, 11) is 5.17. The molecule has 2 radical (unpaired) electrons. The molecule has 0 aromatic rings. The highest BCUT2D eigenvalue weighted by molar-refractivity contribution is 6.11. The van der Waals surface area contributed by atoms with Gasteiger partial charge in [0.1, 0.15) is 14.0 Å². The van der Waals surface area contributed by atoms with Crippen LogP contribution in [0, 0.1) is 0 Å². The Morgan fingerprint density at radius 3 is 2.25 bits per heavy atom. The van der Waals surface area contributed by atoms with E-state index in [-0.39, 0.29) is 0 Å². The summed E-state index contributed by atoms with van der Waals surface area (Å²) in [6, 6.07) is -0.500. The second-order valence-corrected chi connectivity index (χ2v) is 1.87. The molecule has 44 valence electrons. The van der Waals surface area contributed by atoms with Crippen molar-refractivity contribution >= 4 is 7.85 Å². The number of aliphatic hydroxyl groups is 2. The topological polar surface area (TPSA) is 49.7 Å². The van der Waals surface area contributed by atoms with Gasteiger partial charge in [-0.1, -0.05) is 0 Å². The van der Waals surface area contributed by atoms with Crippen LogP contribution in [0.15, 0.2) is 0 Å². The van der Waals surface area contributed by atoms with Crippen molar-refractivity contribution in [2.45, 2.75) is 24.8 Å². The molecule has 0 amide bonds. The summed E-state index contributed by atoms with van der Waals surface area (Å²) in [4.78, 5) is 0. The van der Waals surface area contributed by atoms with E-state index in [1.54, 1.807) is 0 Å². The Bertz CT molecular complexity index is 77.4. The maximum Gasteiger partial charge on any atom is 0.180 e. The van der Waals surface area contributed by atoms with Crippen LogP contribution in [0.2, 0.25) is 0 Å². The Hall–Kier alpha value is -0.0551. The monoisotopic (exact) mass is 114 g/mol. The molecule has 1 heterocycles. The highest BCUT2D eigenvalue weighted by Gasteiger charge is 2.28. The van der Waals surface area contributed by atoms with E-state index in [1.165, 1.54) is 0 Å². The van der Waals surface area contributed by atoms with Crippen molar-refractivity contribution in [3.05, 3.63) is 0 Å². The SMILES string of the molecule is [B][C@H]1CC(O)[C@@H](O)O1. The van der Waals surface area contributed by atoms with Crippen molar-refractivity contribution in [1.82, 2.24) is 0 Å². The Labute approximate surface area is 48.7 Å². The molecule has 0 saturated carbocycles. The third-order valence-corrected chi connectivity index (χ3v) is 1.12. The maximum absolute atomic E-state index is 8.71. The van der Waals surface area contributed by atoms with Crippen LogP contribution in [-0.4, -0.2) is 36.5 Å². The van der Waals surface area contributed by atoms with Crippen LogP contribution in [-0.2, 0) is 4.74 Å². The number of ether oxygens (including phenoxy) is 1. The Kier molecular flexibility index (Phi) is 1.55. The number of hydrogen-bond acceptors (Lipinski definition) is 3. The number of rotatable bonds is 0. The molecule has 1 unspecified atom stereocenters. The summed E-state index contributed by atoms with van der Waals surface area (Å²) >= 11 is 0. The summed E-state index contributed by atoms with van der Waals surface area (Å²) in [6.45, 7) is 0. The zero-order valence-electron chi connectivity index (χ0n) is 4.32. The van der Waals surface area contributed by atoms with Crippen LogP contribution in [0.1, 0.15) is 6.42 Å². The van der Waals surface area contributed by atoms with Gasteiger partial charge in [-0.2, -0.15) is 0 Å². The van der Waals surface area contributed by atoms with Crippen LogP contribution in [0.3, 0.4) is 0 Å². The minimum atomic E-state index is -1.08. The van der Waals surface area contributed by atoms with Gasteiger partial charge in [0.05, 0.1) is 0 Å². The van der Waals surface area contributed by atoms with Gasteiger partial charge < -0.3 is 14.9 Å². The zero-order chi connectivity index (χ0) is 6.15. The van der Waals surface area contributed by atoms with Crippen molar-refractivity contribution in [2.75, 3.05) is 0 Å². The molecular formula is C4H7BO3. The average Bonchev–Trinajstić information content (AvgIpc) is 1.85. The molecule has 0 aliphatic carbocycles. The predicted octanol–water partition coefficient (Wildman–Crippen LogP) is -1.42. The van der Waals surface area contributed by atoms with E-state index in [2.05, 4.69) is 4.74 Å². The Morgan fingerprint density at radius 1 is 1.50 bits per heavy atom. The first kappa shape index (κ1) is 6.07. The van der Waals surface area contributed by atoms with Gasteiger partial charge in [-0.15, -0.1) is 0 Å². The fourth-order valence-electron chi connectivity index (χ4n) is 0.680. The van der Waals surface area contributed by atoms with Crippen molar-refractivity contribution in [3.63, 3.8) is 0 Å². The second kappa shape index (κ2) is 2.05. The average molecular weight is 114 g/mol. The Balaban J connectivity index is 2.39. The van der Waals surface area contributed by atoms with Gasteiger partial charge in [0, 0.05) is 6.00 Å². The summed E-state index contributed by atoms with van der Waals surface area (Å²) in [5.74, 6) is 0. The normalized spacial score (nSPS) is 47.5. The minimum absolute atomic E-state index is 0.321. The molecule has 1 aliphatic heterocycles. The third-order valence-electron chi connectivity index (χ3n) is 1.12. The van der Waals surface area contributed by atoms with Crippen molar-refractivity contribution in [1.29, 1.82) is 0 Å². The quantitative estimate of drug-likeness (QED) is 0.380. The third kappa shape index (κ3) is 1.02. The maximum atomic E-state index is 8.71. The van der Waals surface area contributed by atoms with Gasteiger partial charge in [0.15, 0.2) is 6.29 Å². The first-order valence-corrected chi connectivity index (χ1v) is 2.47. The molecule has 0 spiro atoms. The molecule has 8 heavy (non-hydrogen) atoms. The summed E-state index contributed by atoms with van der Waals surface area (Å²) in [6.07, 6.45) is -1.56. The van der Waals surface area contributed by atoms with Gasteiger partial charge in [-0.3, -0.25) is 0 Å².